The maximum Gasteiger partial charge on any atom is 0.0587 e. The van der Waals surface area contributed by atoms with Gasteiger partial charge in [0, 0.05) is 4.47 Å². The van der Waals surface area contributed by atoms with Crippen LogP contribution >= 0.6 is 15.9 Å². The van der Waals surface area contributed by atoms with Gasteiger partial charge in [0.1, 0.15) is 0 Å². The molecule has 0 bridgehead atoms. The van der Waals surface area contributed by atoms with Crippen LogP contribution in [0.2, 0.25) is 0 Å². The molecule has 0 aliphatic rings. The van der Waals surface area contributed by atoms with Crippen molar-refractivity contribution in [2.45, 2.75) is 19.9 Å². The summed E-state index contributed by atoms with van der Waals surface area (Å²) in [6.45, 7) is 5.21. The molecule has 1 atom stereocenters. The molecular formula is C16H18BrN. The highest BCUT2D eigenvalue weighted by atomic mass is 79.9. The summed E-state index contributed by atoms with van der Waals surface area (Å²) in [7, 11) is 0. The van der Waals surface area contributed by atoms with Gasteiger partial charge in [-0.15, -0.1) is 0 Å². The zero-order chi connectivity index (χ0) is 13.0. The van der Waals surface area contributed by atoms with E-state index in [0.29, 0.717) is 0 Å². The Morgan fingerprint density at radius 1 is 1.11 bits per heavy atom. The third-order valence-corrected chi connectivity index (χ3v) is 3.73. The van der Waals surface area contributed by atoms with Crippen molar-refractivity contribution in [3.8, 4) is 0 Å². The topological polar surface area (TPSA) is 12.0 Å². The highest BCUT2D eigenvalue weighted by Crippen LogP contribution is 2.29. The summed E-state index contributed by atoms with van der Waals surface area (Å²) in [5.41, 5.74) is 3.88. The van der Waals surface area contributed by atoms with Crippen molar-refractivity contribution in [2.75, 3.05) is 6.54 Å². The van der Waals surface area contributed by atoms with Crippen LogP contribution in [0.15, 0.2) is 53.0 Å². The average Bonchev–Trinajstić information content (AvgIpc) is 2.40. The van der Waals surface area contributed by atoms with Crippen molar-refractivity contribution in [1.29, 1.82) is 0 Å². The van der Waals surface area contributed by atoms with Crippen molar-refractivity contribution in [1.82, 2.24) is 5.32 Å². The summed E-state index contributed by atoms with van der Waals surface area (Å²) in [5, 5.41) is 3.55. The van der Waals surface area contributed by atoms with Crippen molar-refractivity contribution < 1.29 is 0 Å². The molecule has 94 valence electrons. The molecule has 1 nitrogen and oxygen atoms in total. The van der Waals surface area contributed by atoms with Gasteiger partial charge in [-0.25, -0.2) is 0 Å². The van der Waals surface area contributed by atoms with Gasteiger partial charge in [-0.1, -0.05) is 70.9 Å². The largest absolute Gasteiger partial charge is 0.306 e. The second kappa shape index (κ2) is 6.17. The molecule has 2 heteroatoms. The molecule has 0 amide bonds. The predicted octanol–water partition coefficient (Wildman–Crippen LogP) is 4.46. The number of benzene rings is 2. The maximum absolute atomic E-state index is 3.66. The number of hydrogen-bond donors (Lipinski definition) is 1. The molecule has 2 aromatic carbocycles. The fourth-order valence-electron chi connectivity index (χ4n) is 2.14. The fraction of sp³-hybridized carbons (Fsp3) is 0.250. The molecule has 0 spiro atoms. The van der Waals surface area contributed by atoms with Crippen LogP contribution < -0.4 is 5.32 Å². The number of nitrogens with one attached hydrogen (secondary N) is 1. The van der Waals surface area contributed by atoms with Crippen molar-refractivity contribution >= 4 is 15.9 Å². The Balaban J connectivity index is 2.44. The van der Waals surface area contributed by atoms with Gasteiger partial charge < -0.3 is 5.32 Å². The van der Waals surface area contributed by atoms with Crippen LogP contribution in [0.5, 0.6) is 0 Å². The Morgan fingerprint density at radius 2 is 1.83 bits per heavy atom. The van der Waals surface area contributed by atoms with Gasteiger partial charge in [-0.05, 0) is 30.7 Å². The van der Waals surface area contributed by atoms with Gasteiger partial charge in [0.2, 0.25) is 0 Å². The number of halogens is 1. The predicted molar refractivity (Wildman–Crippen MR) is 80.8 cm³/mol. The second-order valence-electron chi connectivity index (χ2n) is 4.43. The average molecular weight is 304 g/mol. The molecular weight excluding hydrogens is 286 g/mol. The minimum absolute atomic E-state index is 0.241. The van der Waals surface area contributed by atoms with E-state index in [1.54, 1.807) is 0 Å². The van der Waals surface area contributed by atoms with Crippen LogP contribution in [-0.2, 0) is 0 Å². The first-order valence-electron chi connectivity index (χ1n) is 6.26. The quantitative estimate of drug-likeness (QED) is 0.879. The first-order chi connectivity index (χ1) is 8.72. The SMILES string of the molecule is CCNC(c1ccccc1)c1cc(C)ccc1Br. The minimum atomic E-state index is 0.241. The summed E-state index contributed by atoms with van der Waals surface area (Å²) < 4.78 is 1.16. The smallest absolute Gasteiger partial charge is 0.0587 e. The lowest BCUT2D eigenvalue weighted by Gasteiger charge is -2.20. The number of aryl methyl sites for hydroxylation is 1. The second-order valence-corrected chi connectivity index (χ2v) is 5.28. The molecule has 18 heavy (non-hydrogen) atoms. The molecule has 0 fully saturated rings. The van der Waals surface area contributed by atoms with E-state index in [-0.39, 0.29) is 6.04 Å². The van der Waals surface area contributed by atoms with Gasteiger partial charge in [0.25, 0.3) is 0 Å². The summed E-state index contributed by atoms with van der Waals surface area (Å²) in [6, 6.07) is 17.3. The molecule has 0 radical (unpaired) electrons. The first kappa shape index (κ1) is 13.3. The van der Waals surface area contributed by atoms with Crippen LogP contribution in [0, 0.1) is 6.92 Å². The zero-order valence-electron chi connectivity index (χ0n) is 10.8. The van der Waals surface area contributed by atoms with E-state index in [0.717, 1.165) is 11.0 Å². The van der Waals surface area contributed by atoms with E-state index in [1.807, 2.05) is 0 Å². The van der Waals surface area contributed by atoms with Crippen molar-refractivity contribution in [2.24, 2.45) is 0 Å². The lowest BCUT2D eigenvalue weighted by atomic mass is 9.97. The standard InChI is InChI=1S/C16H18BrN/c1-3-18-16(13-7-5-4-6-8-13)14-11-12(2)9-10-15(14)17/h4-11,16,18H,3H2,1-2H3. The van der Waals surface area contributed by atoms with Gasteiger partial charge in [0.05, 0.1) is 6.04 Å². The molecule has 0 aliphatic carbocycles. The molecule has 2 aromatic rings. The third kappa shape index (κ3) is 3.01. The van der Waals surface area contributed by atoms with E-state index < -0.39 is 0 Å². The fourth-order valence-corrected chi connectivity index (χ4v) is 2.62. The molecule has 0 aromatic heterocycles. The molecule has 0 aliphatic heterocycles. The highest BCUT2D eigenvalue weighted by Gasteiger charge is 2.15. The molecule has 0 saturated carbocycles. The van der Waals surface area contributed by atoms with E-state index in [1.165, 1.54) is 16.7 Å². The van der Waals surface area contributed by atoms with Crippen LogP contribution in [-0.4, -0.2) is 6.54 Å². The molecule has 2 rings (SSSR count). The van der Waals surface area contributed by atoms with E-state index in [4.69, 9.17) is 0 Å². The van der Waals surface area contributed by atoms with Crippen LogP contribution in [0.1, 0.15) is 29.7 Å². The molecule has 0 saturated heterocycles. The van der Waals surface area contributed by atoms with E-state index >= 15 is 0 Å². The van der Waals surface area contributed by atoms with Crippen LogP contribution in [0.3, 0.4) is 0 Å². The molecule has 1 N–H and O–H groups in total. The van der Waals surface area contributed by atoms with Gasteiger partial charge in [0.15, 0.2) is 0 Å². The maximum atomic E-state index is 3.66. The highest BCUT2D eigenvalue weighted by molar-refractivity contribution is 9.10. The van der Waals surface area contributed by atoms with E-state index in [2.05, 4.69) is 83.6 Å². The third-order valence-electron chi connectivity index (χ3n) is 3.00. The first-order valence-corrected chi connectivity index (χ1v) is 7.06. The van der Waals surface area contributed by atoms with Crippen LogP contribution in [0.4, 0.5) is 0 Å². The summed E-state index contributed by atoms with van der Waals surface area (Å²) in [6.07, 6.45) is 0. The Morgan fingerprint density at radius 3 is 2.50 bits per heavy atom. The number of hydrogen-bond acceptors (Lipinski definition) is 1. The lowest BCUT2D eigenvalue weighted by Crippen LogP contribution is -2.22. The normalized spacial score (nSPS) is 12.4. The molecule has 0 heterocycles. The van der Waals surface area contributed by atoms with Gasteiger partial charge in [-0.3, -0.25) is 0 Å². The summed E-state index contributed by atoms with van der Waals surface area (Å²) in [5.74, 6) is 0. The summed E-state index contributed by atoms with van der Waals surface area (Å²) in [4.78, 5) is 0. The Kier molecular flexibility index (Phi) is 4.56. The van der Waals surface area contributed by atoms with Gasteiger partial charge in [-0.2, -0.15) is 0 Å². The Hall–Kier alpha value is -1.12. The number of rotatable bonds is 4. The van der Waals surface area contributed by atoms with Gasteiger partial charge >= 0.3 is 0 Å². The molecule has 1 unspecified atom stereocenters. The van der Waals surface area contributed by atoms with Crippen molar-refractivity contribution in [3.05, 3.63) is 69.7 Å². The Labute approximate surface area is 117 Å². The van der Waals surface area contributed by atoms with Crippen LogP contribution in [0.25, 0.3) is 0 Å². The van der Waals surface area contributed by atoms with E-state index in [9.17, 15) is 0 Å². The Bertz CT molecular complexity index is 508. The lowest BCUT2D eigenvalue weighted by molar-refractivity contribution is 0.628. The summed E-state index contributed by atoms with van der Waals surface area (Å²) >= 11 is 3.66. The van der Waals surface area contributed by atoms with Crippen molar-refractivity contribution in [3.63, 3.8) is 0 Å². The monoisotopic (exact) mass is 303 g/mol. The minimum Gasteiger partial charge on any atom is -0.306 e. The zero-order valence-corrected chi connectivity index (χ0v) is 12.4.